The lowest BCUT2D eigenvalue weighted by Crippen LogP contribution is -2.60. The fourth-order valence-corrected chi connectivity index (χ4v) is 7.28. The molecule has 17 heteroatoms. The molecule has 5 unspecified atom stereocenters. The van der Waals surface area contributed by atoms with E-state index in [1.807, 2.05) is 0 Å². The number of pyridine rings is 1. The minimum absolute atomic E-state index is 0.0274. The van der Waals surface area contributed by atoms with Gasteiger partial charge in [-0.05, 0) is 61.0 Å². The van der Waals surface area contributed by atoms with Gasteiger partial charge in [0.25, 0.3) is 10.0 Å². The Morgan fingerprint density at radius 1 is 1.07 bits per heavy atom. The molecule has 54 heavy (non-hydrogen) atoms. The van der Waals surface area contributed by atoms with Crippen molar-refractivity contribution in [2.24, 2.45) is 0 Å². The van der Waals surface area contributed by atoms with Crippen molar-refractivity contribution >= 4 is 27.6 Å². The van der Waals surface area contributed by atoms with E-state index in [9.17, 15) is 51.6 Å². The highest BCUT2D eigenvalue weighted by Gasteiger charge is 2.50. The van der Waals surface area contributed by atoms with Crippen LogP contribution in [-0.4, -0.2) is 82.1 Å². The van der Waals surface area contributed by atoms with Gasteiger partial charge < -0.3 is 34.6 Å². The molecule has 0 amide bonds. The van der Waals surface area contributed by atoms with Crippen LogP contribution in [-0.2, 0) is 46.4 Å². The fourth-order valence-electron chi connectivity index (χ4n) is 6.30. The average molecular weight is 783 g/mol. The van der Waals surface area contributed by atoms with Gasteiger partial charge in [0.1, 0.15) is 29.7 Å². The minimum atomic E-state index is -4.77. The number of aliphatic hydroxyl groups excluding tert-OH is 3. The van der Waals surface area contributed by atoms with Gasteiger partial charge in [-0.3, -0.25) is 4.72 Å². The fraction of sp³-hybridized carbons (Fsp3) is 0.432. The number of anilines is 1. The summed E-state index contributed by atoms with van der Waals surface area (Å²) in [5.74, 6) is -4.50. The van der Waals surface area contributed by atoms with E-state index in [0.717, 1.165) is 6.92 Å². The van der Waals surface area contributed by atoms with Gasteiger partial charge in [0.2, 0.25) is 6.29 Å². The molecule has 0 radical (unpaired) electrons. The van der Waals surface area contributed by atoms with Crippen molar-refractivity contribution in [1.29, 1.82) is 0 Å². The second-order valence-electron chi connectivity index (χ2n) is 12.7. The summed E-state index contributed by atoms with van der Waals surface area (Å²) in [6.45, 7) is 2.56. The summed E-state index contributed by atoms with van der Waals surface area (Å²) in [4.78, 5) is 29.8. The molecule has 5 N–H and O–H groups in total. The lowest BCUT2D eigenvalue weighted by Gasteiger charge is -2.43. The van der Waals surface area contributed by atoms with Crippen molar-refractivity contribution in [2.75, 3.05) is 4.72 Å². The van der Waals surface area contributed by atoms with Gasteiger partial charge in [-0.15, -0.1) is 0 Å². The number of carbonyl (C=O) groups is 2. The standard InChI is InChI=1S/C37H41F3N2O11S/c1-3-16-36(17-15-21-9-6-5-7-10-21)19-26(51-35-31(45)29(43)30(44)32(52-35)33(46)47)28(34(48)53-36)25(4-2)22-11-8-12-24(18-22)42-54(49,50)27-14-13-23(20-41-27)37(38,39)40/h5-14,18,20,25,29-32,35,42-45H,3-4,15-17,19H2,1-2H3,(H,46,47)/t25-,29?,30?,31?,32?,35?,36-/m0/s1/i3D2,16D2. The Hall–Kier alpha value is -4.55. The number of esters is 1. The predicted octanol–water partition coefficient (Wildman–Crippen LogP) is 4.68. The number of aliphatic carboxylic acids is 1. The van der Waals surface area contributed by atoms with Crippen LogP contribution in [0.1, 0.15) is 73.9 Å². The molecular weight excluding hydrogens is 737 g/mol. The van der Waals surface area contributed by atoms with Gasteiger partial charge in [0, 0.05) is 29.7 Å². The number of rotatable bonds is 14. The van der Waals surface area contributed by atoms with Crippen LogP contribution in [0, 0.1) is 0 Å². The Morgan fingerprint density at radius 2 is 1.80 bits per heavy atom. The molecule has 2 aliphatic heterocycles. The molecule has 2 aliphatic rings. The van der Waals surface area contributed by atoms with E-state index in [0.29, 0.717) is 23.9 Å². The number of aryl methyl sites for hydroxylation is 1. The predicted molar refractivity (Wildman–Crippen MR) is 185 cm³/mol. The molecule has 292 valence electrons. The van der Waals surface area contributed by atoms with E-state index >= 15 is 0 Å². The molecule has 1 saturated heterocycles. The van der Waals surface area contributed by atoms with Crippen LogP contribution in [0.15, 0.2) is 89.3 Å². The van der Waals surface area contributed by atoms with Crippen LogP contribution in [0.3, 0.4) is 0 Å². The Kier molecular flexibility index (Phi) is 10.7. The van der Waals surface area contributed by atoms with E-state index in [2.05, 4.69) is 9.71 Å². The molecule has 0 bridgehead atoms. The number of aliphatic hydroxyl groups is 3. The first-order chi connectivity index (χ1) is 26.9. The molecule has 3 heterocycles. The quantitative estimate of drug-likeness (QED) is 0.142. The number of cyclic esters (lactones) is 1. The third kappa shape index (κ3) is 9.03. The number of hydrogen-bond acceptors (Lipinski definition) is 11. The van der Waals surface area contributed by atoms with Gasteiger partial charge >= 0.3 is 18.1 Å². The number of benzene rings is 2. The highest BCUT2D eigenvalue weighted by molar-refractivity contribution is 7.92. The number of aromatic nitrogens is 1. The number of ether oxygens (including phenoxy) is 3. The van der Waals surface area contributed by atoms with Crippen LogP contribution < -0.4 is 4.72 Å². The number of carboxylic acids is 1. The van der Waals surface area contributed by atoms with Crippen LogP contribution in [0.4, 0.5) is 18.9 Å². The lowest BCUT2D eigenvalue weighted by atomic mass is 9.79. The summed E-state index contributed by atoms with van der Waals surface area (Å²) < 4.78 is 120. The first-order valence-electron chi connectivity index (χ1n) is 18.7. The second kappa shape index (κ2) is 16.4. The largest absolute Gasteiger partial charge is 0.479 e. The maximum atomic E-state index is 14.5. The van der Waals surface area contributed by atoms with Crippen molar-refractivity contribution in [3.63, 3.8) is 0 Å². The second-order valence-corrected chi connectivity index (χ2v) is 14.3. The number of halogens is 3. The molecule has 13 nitrogen and oxygen atoms in total. The molecule has 5 rings (SSSR count). The summed E-state index contributed by atoms with van der Waals surface area (Å²) in [7, 11) is -4.56. The van der Waals surface area contributed by atoms with Crippen molar-refractivity contribution < 1.29 is 71.3 Å². The number of nitrogens with one attached hydrogen (secondary N) is 1. The number of hydrogen-bond donors (Lipinski definition) is 5. The Bertz CT molecular complexity index is 2120. The molecule has 7 atom stereocenters. The molecule has 3 aromatic rings. The summed E-state index contributed by atoms with van der Waals surface area (Å²) in [5, 5.41) is 40.7. The summed E-state index contributed by atoms with van der Waals surface area (Å²) in [6.07, 6.45) is -21.6. The van der Waals surface area contributed by atoms with Crippen LogP contribution in [0.2, 0.25) is 0 Å². The third-order valence-electron chi connectivity index (χ3n) is 8.98. The summed E-state index contributed by atoms with van der Waals surface area (Å²) >= 11 is 0. The van der Waals surface area contributed by atoms with Crippen LogP contribution in [0.5, 0.6) is 0 Å². The molecule has 1 aromatic heterocycles. The van der Waals surface area contributed by atoms with Crippen molar-refractivity contribution in [2.45, 2.75) is 106 Å². The number of alkyl halides is 3. The number of sulfonamides is 1. The lowest BCUT2D eigenvalue weighted by molar-refractivity contribution is -0.287. The topological polar surface area (TPSA) is 202 Å². The van der Waals surface area contributed by atoms with Gasteiger partial charge in [0.05, 0.1) is 11.1 Å². The van der Waals surface area contributed by atoms with E-state index in [1.54, 1.807) is 37.3 Å². The normalized spacial score (nSPS) is 27.1. The van der Waals surface area contributed by atoms with Gasteiger partial charge in [-0.1, -0.05) is 62.7 Å². The van der Waals surface area contributed by atoms with E-state index in [-0.39, 0.29) is 36.1 Å². The van der Waals surface area contributed by atoms with Crippen molar-refractivity contribution in [1.82, 2.24) is 4.98 Å². The molecule has 0 saturated carbocycles. The molecular formula is C37H41F3N2O11S. The first kappa shape index (κ1) is 35.2. The highest BCUT2D eigenvalue weighted by Crippen LogP contribution is 2.44. The third-order valence-corrected chi connectivity index (χ3v) is 10.3. The van der Waals surface area contributed by atoms with Gasteiger partial charge in [-0.2, -0.15) is 21.6 Å². The number of carboxylic acid groups (broad SMARTS) is 1. The van der Waals surface area contributed by atoms with Crippen LogP contribution >= 0.6 is 0 Å². The van der Waals surface area contributed by atoms with E-state index in [4.69, 9.17) is 19.7 Å². The maximum Gasteiger partial charge on any atom is 0.417 e. The molecule has 2 aromatic carbocycles. The van der Waals surface area contributed by atoms with Crippen molar-refractivity contribution in [3.8, 4) is 0 Å². The Balaban J connectivity index is 1.61. The van der Waals surface area contributed by atoms with E-state index in [1.165, 1.54) is 24.3 Å². The molecule has 0 spiro atoms. The summed E-state index contributed by atoms with van der Waals surface area (Å²) in [5.41, 5.74) is -3.07. The average Bonchev–Trinajstić information content (AvgIpc) is 3.15. The zero-order valence-corrected chi connectivity index (χ0v) is 29.7. The van der Waals surface area contributed by atoms with Crippen molar-refractivity contribution in [3.05, 3.63) is 101 Å². The maximum absolute atomic E-state index is 14.5. The molecule has 0 aliphatic carbocycles. The zero-order valence-electron chi connectivity index (χ0n) is 32.9. The number of carbonyl (C=O) groups excluding carboxylic acids is 1. The zero-order chi connectivity index (χ0) is 43.0. The van der Waals surface area contributed by atoms with Gasteiger partial charge in [0.15, 0.2) is 11.1 Å². The number of nitrogens with zero attached hydrogens (tertiary/aromatic N) is 1. The monoisotopic (exact) mass is 782 g/mol. The SMILES string of the molecule is [2H]C([2H])(C)C([2H])([2H])[C@]1(CCc2ccccc2)CC(OC2OC(C(=O)O)C(O)C(O)C2O)=C([C@@H](CC)c2cccc(NS(=O)(=O)c3ccc(C(F)(F)F)cn3)c2)C(=O)O1. The minimum Gasteiger partial charge on any atom is -0.479 e. The Morgan fingerprint density at radius 3 is 2.41 bits per heavy atom. The highest BCUT2D eigenvalue weighted by atomic mass is 32.2. The van der Waals surface area contributed by atoms with E-state index < -0.39 is 106 Å². The summed E-state index contributed by atoms with van der Waals surface area (Å²) in [6, 6.07) is 15.3. The van der Waals surface area contributed by atoms with Gasteiger partial charge in [-0.25, -0.2) is 14.6 Å². The molecule has 1 fully saturated rings. The van der Waals surface area contributed by atoms with Crippen LogP contribution in [0.25, 0.3) is 0 Å². The smallest absolute Gasteiger partial charge is 0.417 e. The Labute approximate surface area is 315 Å². The first-order valence-corrected chi connectivity index (χ1v) is 18.2.